The lowest BCUT2D eigenvalue weighted by atomic mass is 10.3. The smallest absolute Gasteiger partial charge is 0.153 e. The summed E-state index contributed by atoms with van der Waals surface area (Å²) in [4.78, 5) is 4.24. The van der Waals surface area contributed by atoms with E-state index < -0.39 is 9.84 Å². The number of piperazine rings is 1. The Hall–Kier alpha value is -0.860. The zero-order valence-electron chi connectivity index (χ0n) is 11.5. The minimum atomic E-state index is -2.89. The first-order chi connectivity index (χ1) is 8.96. The number of hydrogen-bond acceptors (Lipinski definition) is 6. The lowest BCUT2D eigenvalue weighted by molar-refractivity contribution is 0.150. The second-order valence-corrected chi connectivity index (χ2v) is 7.16. The van der Waals surface area contributed by atoms with Crippen LogP contribution in [0.15, 0.2) is 5.16 Å². The van der Waals surface area contributed by atoms with Crippen LogP contribution in [0.5, 0.6) is 0 Å². The molecule has 1 aliphatic rings. The van der Waals surface area contributed by atoms with Gasteiger partial charge in [0.25, 0.3) is 0 Å². The molecule has 0 unspecified atom stereocenters. The Kier molecular flexibility index (Phi) is 6.53. The molecule has 3 N–H and O–H groups in total. The van der Waals surface area contributed by atoms with Gasteiger partial charge in [0.15, 0.2) is 15.7 Å². The van der Waals surface area contributed by atoms with Crippen molar-refractivity contribution in [2.24, 2.45) is 10.9 Å². The van der Waals surface area contributed by atoms with E-state index in [1.807, 2.05) is 6.92 Å². The Morgan fingerprint density at radius 1 is 1.21 bits per heavy atom. The predicted molar refractivity (Wildman–Crippen MR) is 75.2 cm³/mol. The van der Waals surface area contributed by atoms with Crippen molar-refractivity contribution in [1.29, 1.82) is 0 Å². The largest absolute Gasteiger partial charge is 0.409 e. The highest BCUT2D eigenvalue weighted by molar-refractivity contribution is 7.91. The first kappa shape index (κ1) is 16.2. The average Bonchev–Trinajstić information content (AvgIpc) is 2.38. The third-order valence-corrected chi connectivity index (χ3v) is 5.05. The summed E-state index contributed by atoms with van der Waals surface area (Å²) in [6.07, 6.45) is 0.676. The second-order valence-electron chi connectivity index (χ2n) is 4.86. The SMILES string of the molecule is CCCS(=O)(=O)CCN1CCN(CC(N)=NO)CC1. The van der Waals surface area contributed by atoms with Gasteiger partial charge in [0.2, 0.25) is 0 Å². The highest BCUT2D eigenvalue weighted by Gasteiger charge is 2.19. The van der Waals surface area contributed by atoms with Gasteiger partial charge in [-0.05, 0) is 6.42 Å². The molecule has 0 atom stereocenters. The van der Waals surface area contributed by atoms with Crippen LogP contribution in [0.25, 0.3) is 0 Å². The Labute approximate surface area is 115 Å². The topological polar surface area (TPSA) is 99.2 Å². The average molecular weight is 292 g/mol. The first-order valence-corrected chi connectivity index (χ1v) is 8.40. The van der Waals surface area contributed by atoms with E-state index in [-0.39, 0.29) is 17.3 Å². The van der Waals surface area contributed by atoms with Crippen molar-refractivity contribution in [2.75, 3.05) is 50.8 Å². The standard InChI is InChI=1S/C11H24N4O3S/c1-2-8-19(17,18)9-7-14-3-5-15(6-4-14)10-11(12)13-16/h16H,2-10H2,1H3,(H2,12,13). The molecule has 1 saturated heterocycles. The Balaban J connectivity index is 2.27. The maximum atomic E-state index is 11.6. The third kappa shape index (κ3) is 6.22. The molecule has 1 aliphatic heterocycles. The normalized spacial score (nSPS) is 19.7. The number of rotatable bonds is 7. The molecule has 0 amide bonds. The van der Waals surface area contributed by atoms with Gasteiger partial charge in [-0.15, -0.1) is 0 Å². The maximum Gasteiger partial charge on any atom is 0.153 e. The van der Waals surface area contributed by atoms with E-state index in [2.05, 4.69) is 15.0 Å². The van der Waals surface area contributed by atoms with Crippen LogP contribution >= 0.6 is 0 Å². The fourth-order valence-electron chi connectivity index (χ4n) is 2.11. The Morgan fingerprint density at radius 3 is 2.32 bits per heavy atom. The molecule has 1 fully saturated rings. The lowest BCUT2D eigenvalue weighted by Gasteiger charge is -2.34. The van der Waals surface area contributed by atoms with Gasteiger partial charge in [-0.25, -0.2) is 8.42 Å². The molecular formula is C11H24N4O3S. The summed E-state index contributed by atoms with van der Waals surface area (Å²) in [6, 6.07) is 0. The summed E-state index contributed by atoms with van der Waals surface area (Å²) >= 11 is 0. The number of nitrogens with zero attached hydrogens (tertiary/aromatic N) is 3. The summed E-state index contributed by atoms with van der Waals surface area (Å²) in [7, 11) is -2.89. The fraction of sp³-hybridized carbons (Fsp3) is 0.909. The van der Waals surface area contributed by atoms with Gasteiger partial charge in [-0.1, -0.05) is 12.1 Å². The molecule has 0 aliphatic carbocycles. The first-order valence-electron chi connectivity index (χ1n) is 6.58. The molecule has 19 heavy (non-hydrogen) atoms. The molecule has 1 rings (SSSR count). The van der Waals surface area contributed by atoms with E-state index >= 15 is 0 Å². The molecule has 8 heteroatoms. The van der Waals surface area contributed by atoms with Crippen LogP contribution < -0.4 is 5.73 Å². The van der Waals surface area contributed by atoms with Crippen LogP contribution in [-0.4, -0.2) is 80.0 Å². The molecular weight excluding hydrogens is 268 g/mol. The molecule has 7 nitrogen and oxygen atoms in total. The van der Waals surface area contributed by atoms with Crippen LogP contribution in [0.3, 0.4) is 0 Å². The van der Waals surface area contributed by atoms with Crippen LogP contribution in [0.1, 0.15) is 13.3 Å². The van der Waals surface area contributed by atoms with Gasteiger partial charge < -0.3 is 10.9 Å². The Bertz CT molecular complexity index is 389. The molecule has 1 heterocycles. The highest BCUT2D eigenvalue weighted by Crippen LogP contribution is 2.03. The van der Waals surface area contributed by atoms with Crippen LogP contribution in [-0.2, 0) is 9.84 Å². The third-order valence-electron chi connectivity index (χ3n) is 3.21. The van der Waals surface area contributed by atoms with Crippen molar-refractivity contribution in [3.05, 3.63) is 0 Å². The van der Waals surface area contributed by atoms with E-state index in [0.717, 1.165) is 26.2 Å². The van der Waals surface area contributed by atoms with Crippen molar-refractivity contribution < 1.29 is 13.6 Å². The van der Waals surface area contributed by atoms with E-state index in [1.165, 1.54) is 0 Å². The van der Waals surface area contributed by atoms with Crippen molar-refractivity contribution in [3.8, 4) is 0 Å². The molecule has 0 saturated carbocycles. The monoisotopic (exact) mass is 292 g/mol. The van der Waals surface area contributed by atoms with E-state index in [4.69, 9.17) is 10.9 Å². The number of nitrogens with two attached hydrogens (primary N) is 1. The molecule has 0 aromatic heterocycles. The number of amidine groups is 1. The van der Waals surface area contributed by atoms with Gasteiger partial charge in [0.05, 0.1) is 12.3 Å². The lowest BCUT2D eigenvalue weighted by Crippen LogP contribution is -2.49. The molecule has 112 valence electrons. The van der Waals surface area contributed by atoms with Crippen LogP contribution in [0, 0.1) is 0 Å². The summed E-state index contributed by atoms with van der Waals surface area (Å²) < 4.78 is 23.2. The fourth-order valence-corrected chi connectivity index (χ4v) is 3.48. The van der Waals surface area contributed by atoms with E-state index in [9.17, 15) is 8.42 Å². The number of sulfone groups is 1. The summed E-state index contributed by atoms with van der Waals surface area (Å²) in [6.45, 7) is 6.19. The minimum absolute atomic E-state index is 0.207. The van der Waals surface area contributed by atoms with Crippen molar-refractivity contribution >= 4 is 15.7 Å². The summed E-state index contributed by atoms with van der Waals surface area (Å²) in [5, 5.41) is 11.5. The summed E-state index contributed by atoms with van der Waals surface area (Å²) in [5.41, 5.74) is 5.45. The Morgan fingerprint density at radius 2 is 1.79 bits per heavy atom. The highest BCUT2D eigenvalue weighted by atomic mass is 32.2. The van der Waals surface area contributed by atoms with Crippen molar-refractivity contribution in [3.63, 3.8) is 0 Å². The van der Waals surface area contributed by atoms with Gasteiger partial charge in [0, 0.05) is 38.5 Å². The van der Waals surface area contributed by atoms with E-state index in [0.29, 0.717) is 19.5 Å². The van der Waals surface area contributed by atoms with Gasteiger partial charge in [-0.3, -0.25) is 9.80 Å². The molecule has 0 radical (unpaired) electrons. The molecule has 0 aromatic carbocycles. The minimum Gasteiger partial charge on any atom is -0.409 e. The number of hydrogen-bond donors (Lipinski definition) is 2. The number of oxime groups is 1. The van der Waals surface area contributed by atoms with Crippen molar-refractivity contribution in [2.45, 2.75) is 13.3 Å². The second kappa shape index (κ2) is 7.66. The van der Waals surface area contributed by atoms with Crippen molar-refractivity contribution in [1.82, 2.24) is 9.80 Å². The molecule has 0 aromatic rings. The van der Waals surface area contributed by atoms with Gasteiger partial charge in [-0.2, -0.15) is 0 Å². The van der Waals surface area contributed by atoms with Gasteiger partial charge >= 0.3 is 0 Å². The zero-order valence-corrected chi connectivity index (χ0v) is 12.3. The van der Waals surface area contributed by atoms with Gasteiger partial charge in [0.1, 0.15) is 0 Å². The quantitative estimate of drug-likeness (QED) is 0.275. The van der Waals surface area contributed by atoms with Crippen LogP contribution in [0.2, 0.25) is 0 Å². The zero-order chi connectivity index (χ0) is 14.3. The van der Waals surface area contributed by atoms with Crippen LogP contribution in [0.4, 0.5) is 0 Å². The summed E-state index contributed by atoms with van der Waals surface area (Å²) in [5.74, 6) is 0.719. The van der Waals surface area contributed by atoms with E-state index in [1.54, 1.807) is 0 Å². The maximum absolute atomic E-state index is 11.6. The molecule has 0 spiro atoms. The predicted octanol–water partition coefficient (Wildman–Crippen LogP) is -0.825. The molecule has 0 bridgehead atoms.